The molecule has 0 aliphatic carbocycles. The monoisotopic (exact) mass is 403 g/mol. The number of fused-ring (bicyclic) bond motifs is 1. The average molecular weight is 403 g/mol. The molecule has 2 N–H and O–H groups in total. The van der Waals surface area contributed by atoms with Crippen LogP contribution in [0, 0.1) is 0 Å². The molecule has 1 aromatic carbocycles. The van der Waals surface area contributed by atoms with Crippen LogP contribution in [0.5, 0.6) is 5.88 Å². The van der Waals surface area contributed by atoms with E-state index in [1.807, 2.05) is 0 Å². The Morgan fingerprint density at radius 1 is 1.00 bits per heavy atom. The van der Waals surface area contributed by atoms with Crippen molar-refractivity contribution in [1.82, 2.24) is 19.9 Å². The first-order chi connectivity index (χ1) is 13.0. The normalized spacial score (nSPS) is 12.4. The van der Waals surface area contributed by atoms with Gasteiger partial charge < -0.3 is 10.5 Å². The number of rotatable bonds is 3. The Hall–Kier alpha value is -3.18. The lowest BCUT2D eigenvalue weighted by atomic mass is 10.0. The van der Waals surface area contributed by atoms with Gasteiger partial charge in [-0.3, -0.25) is 0 Å². The van der Waals surface area contributed by atoms with E-state index in [1.54, 1.807) is 6.92 Å². The Labute approximate surface area is 153 Å². The number of aromatic nitrogens is 4. The van der Waals surface area contributed by atoms with Gasteiger partial charge in [0.2, 0.25) is 11.8 Å². The molecular weight excluding hydrogens is 392 g/mol. The predicted molar refractivity (Wildman–Crippen MR) is 86.1 cm³/mol. The van der Waals surface area contributed by atoms with Crippen LogP contribution in [0.2, 0.25) is 0 Å². The van der Waals surface area contributed by atoms with Crippen LogP contribution < -0.4 is 10.5 Å². The molecule has 28 heavy (non-hydrogen) atoms. The topological polar surface area (TPSA) is 86.8 Å². The Kier molecular flexibility index (Phi) is 4.73. The molecule has 0 amide bonds. The zero-order valence-corrected chi connectivity index (χ0v) is 14.1. The van der Waals surface area contributed by atoms with Gasteiger partial charge in [-0.15, -0.1) is 0 Å². The lowest BCUT2D eigenvalue weighted by Gasteiger charge is -2.16. The van der Waals surface area contributed by atoms with Crippen molar-refractivity contribution in [2.24, 2.45) is 0 Å². The van der Waals surface area contributed by atoms with E-state index >= 15 is 0 Å². The molecule has 0 radical (unpaired) electrons. The van der Waals surface area contributed by atoms with Crippen molar-refractivity contribution in [1.29, 1.82) is 0 Å². The van der Waals surface area contributed by atoms with Gasteiger partial charge >= 0.3 is 12.4 Å². The molecule has 0 saturated heterocycles. The molecule has 0 unspecified atom stereocenters. The highest BCUT2D eigenvalue weighted by Crippen LogP contribution is 2.40. The van der Waals surface area contributed by atoms with E-state index in [0.717, 1.165) is 6.20 Å². The van der Waals surface area contributed by atoms with E-state index in [1.165, 1.54) is 0 Å². The van der Waals surface area contributed by atoms with Crippen LogP contribution in [0.3, 0.4) is 0 Å². The van der Waals surface area contributed by atoms with Crippen molar-refractivity contribution < 1.29 is 31.1 Å². The smallest absolute Gasteiger partial charge is 0.417 e. The number of nitrogen functional groups attached to an aromatic ring is 1. The highest BCUT2D eigenvalue weighted by atomic mass is 19.4. The maximum atomic E-state index is 13.4. The van der Waals surface area contributed by atoms with Gasteiger partial charge in [0.25, 0.3) is 0 Å². The molecule has 148 valence electrons. The quantitative estimate of drug-likeness (QED) is 0.663. The molecule has 0 fully saturated rings. The highest BCUT2D eigenvalue weighted by Gasteiger charge is 2.38. The summed E-state index contributed by atoms with van der Waals surface area (Å²) in [6.45, 7) is 1.80. The Morgan fingerprint density at radius 2 is 1.71 bits per heavy atom. The van der Waals surface area contributed by atoms with Crippen LogP contribution in [0.15, 0.2) is 24.4 Å². The molecule has 0 aliphatic heterocycles. The van der Waals surface area contributed by atoms with Crippen molar-refractivity contribution >= 4 is 17.1 Å². The third-order valence-electron chi connectivity index (χ3n) is 3.60. The number of halogens is 6. The first kappa shape index (κ1) is 19.6. The van der Waals surface area contributed by atoms with Gasteiger partial charge in [0, 0.05) is 5.56 Å². The summed E-state index contributed by atoms with van der Waals surface area (Å²) in [6.07, 6.45) is -9.02. The summed E-state index contributed by atoms with van der Waals surface area (Å²) in [6, 6.07) is 1.27. The van der Waals surface area contributed by atoms with Gasteiger partial charge in [-0.05, 0) is 19.1 Å². The summed E-state index contributed by atoms with van der Waals surface area (Å²) >= 11 is 0. The van der Waals surface area contributed by atoms with E-state index < -0.39 is 29.0 Å². The molecule has 12 heteroatoms. The minimum absolute atomic E-state index is 0.0276. The van der Waals surface area contributed by atoms with E-state index in [4.69, 9.17) is 10.5 Å². The fraction of sp³-hybridized carbons (Fsp3) is 0.250. The van der Waals surface area contributed by atoms with Gasteiger partial charge in [-0.1, -0.05) is 6.07 Å². The fourth-order valence-corrected chi connectivity index (χ4v) is 2.44. The summed E-state index contributed by atoms with van der Waals surface area (Å²) in [4.78, 5) is 15.5. The van der Waals surface area contributed by atoms with E-state index in [0.29, 0.717) is 12.1 Å². The second kappa shape index (κ2) is 6.77. The number of nitrogens with zero attached hydrogens (tertiary/aromatic N) is 4. The fourth-order valence-electron chi connectivity index (χ4n) is 2.44. The molecule has 0 spiro atoms. The lowest BCUT2D eigenvalue weighted by Crippen LogP contribution is -2.12. The number of nitrogens with two attached hydrogens (primary N) is 1. The van der Waals surface area contributed by atoms with Crippen LogP contribution in [-0.2, 0) is 12.4 Å². The zero-order chi connectivity index (χ0) is 20.7. The number of anilines is 1. The average Bonchev–Trinajstić information content (AvgIpc) is 2.59. The number of hydrogen-bond acceptors (Lipinski definition) is 6. The Balaban J connectivity index is 2.24. The van der Waals surface area contributed by atoms with Crippen LogP contribution in [0.25, 0.3) is 22.4 Å². The second-order valence-corrected chi connectivity index (χ2v) is 5.50. The van der Waals surface area contributed by atoms with Crippen molar-refractivity contribution in [2.45, 2.75) is 19.3 Å². The minimum atomic E-state index is -5.05. The number of ether oxygens (including phenoxy) is 1. The minimum Gasteiger partial charge on any atom is -0.476 e. The van der Waals surface area contributed by atoms with Crippen LogP contribution in [0.1, 0.15) is 18.1 Å². The van der Waals surface area contributed by atoms with Crippen molar-refractivity contribution in [3.8, 4) is 17.1 Å². The standard InChI is InChI=1S/C16H11F6N5O/c1-2-28-13-11-12(26-14(23)27-13)24-6-10(25-11)8-4-3-7(15(17,18)19)5-9(8)16(20,21)22/h3-6H,2H2,1H3,(H2,23,24,26,27). The number of hydrogen-bond donors (Lipinski definition) is 1. The molecule has 2 heterocycles. The molecule has 0 aliphatic rings. The number of benzene rings is 1. The lowest BCUT2D eigenvalue weighted by molar-refractivity contribution is -0.142. The van der Waals surface area contributed by atoms with E-state index in [-0.39, 0.29) is 41.4 Å². The first-order valence-electron chi connectivity index (χ1n) is 7.72. The molecule has 0 bridgehead atoms. The molecular formula is C16H11F6N5O. The van der Waals surface area contributed by atoms with E-state index in [2.05, 4.69) is 19.9 Å². The zero-order valence-electron chi connectivity index (χ0n) is 14.1. The van der Waals surface area contributed by atoms with Crippen LogP contribution in [-0.4, -0.2) is 26.5 Å². The number of alkyl halides is 6. The molecule has 6 nitrogen and oxygen atoms in total. The van der Waals surface area contributed by atoms with Crippen LogP contribution >= 0.6 is 0 Å². The van der Waals surface area contributed by atoms with Gasteiger partial charge in [-0.25, -0.2) is 9.97 Å². The molecule has 2 aromatic heterocycles. The van der Waals surface area contributed by atoms with Crippen LogP contribution in [0.4, 0.5) is 32.3 Å². The maximum absolute atomic E-state index is 13.4. The highest BCUT2D eigenvalue weighted by molar-refractivity contribution is 5.80. The predicted octanol–water partition coefficient (Wildman–Crippen LogP) is 4.11. The molecule has 3 aromatic rings. The maximum Gasteiger partial charge on any atom is 0.417 e. The summed E-state index contributed by atoms with van der Waals surface area (Å²) in [5.74, 6) is -0.275. The second-order valence-electron chi connectivity index (χ2n) is 5.50. The summed E-state index contributed by atoms with van der Waals surface area (Å²) in [5.41, 5.74) is 1.61. The van der Waals surface area contributed by atoms with E-state index in [9.17, 15) is 26.3 Å². The third-order valence-corrected chi connectivity index (χ3v) is 3.60. The molecule has 0 atom stereocenters. The summed E-state index contributed by atoms with van der Waals surface area (Å²) in [7, 11) is 0. The van der Waals surface area contributed by atoms with Crippen molar-refractivity contribution in [3.63, 3.8) is 0 Å². The van der Waals surface area contributed by atoms with Crippen molar-refractivity contribution in [2.75, 3.05) is 12.3 Å². The molecule has 3 rings (SSSR count). The van der Waals surface area contributed by atoms with Gasteiger partial charge in [0.05, 0.1) is 29.6 Å². The third kappa shape index (κ3) is 3.75. The van der Waals surface area contributed by atoms with Crippen molar-refractivity contribution in [3.05, 3.63) is 35.5 Å². The largest absolute Gasteiger partial charge is 0.476 e. The summed E-state index contributed by atoms with van der Waals surface area (Å²) < 4.78 is 83.9. The molecule has 0 saturated carbocycles. The van der Waals surface area contributed by atoms with Gasteiger partial charge in [0.15, 0.2) is 11.2 Å². The first-order valence-corrected chi connectivity index (χ1v) is 7.72. The Bertz CT molecular complexity index is 1030. The van der Waals surface area contributed by atoms with Gasteiger partial charge in [-0.2, -0.15) is 36.3 Å². The Morgan fingerprint density at radius 3 is 2.32 bits per heavy atom. The SMILES string of the molecule is CCOc1nc(N)nc2ncc(-c3ccc(C(F)(F)F)cc3C(F)(F)F)nc12. The van der Waals surface area contributed by atoms with Gasteiger partial charge in [0.1, 0.15) is 0 Å². The summed E-state index contributed by atoms with van der Waals surface area (Å²) in [5, 5.41) is 0.